The van der Waals surface area contributed by atoms with Crippen LogP contribution in [0, 0.1) is 13.8 Å². The Morgan fingerprint density at radius 3 is 2.33 bits per heavy atom. The van der Waals surface area contributed by atoms with E-state index in [-0.39, 0.29) is 4.90 Å². The Balaban J connectivity index is 1.97. The number of hydrogen-bond acceptors (Lipinski definition) is 6. The molecule has 0 amide bonds. The van der Waals surface area contributed by atoms with Gasteiger partial charge in [0, 0.05) is 5.56 Å². The van der Waals surface area contributed by atoms with Crippen molar-refractivity contribution in [2.45, 2.75) is 18.7 Å². The van der Waals surface area contributed by atoms with Crippen LogP contribution >= 0.6 is 22.7 Å². The number of fused-ring (bicyclic) bond motifs is 2. The largest absolute Gasteiger partial charge is 0.295 e. The Kier molecular flexibility index (Phi) is 3.47. The van der Waals surface area contributed by atoms with Crippen LogP contribution in [0.25, 0.3) is 31.0 Å². The first-order chi connectivity index (χ1) is 11.3. The fourth-order valence-electron chi connectivity index (χ4n) is 2.60. The molecule has 0 saturated carbocycles. The summed E-state index contributed by atoms with van der Waals surface area (Å²) in [6, 6.07) is 8.88. The van der Waals surface area contributed by atoms with Crippen molar-refractivity contribution in [1.82, 2.24) is 9.97 Å². The summed E-state index contributed by atoms with van der Waals surface area (Å²) in [6.45, 7) is 3.74. The predicted octanol–water partition coefficient (Wildman–Crippen LogP) is 4.44. The van der Waals surface area contributed by atoms with Crippen molar-refractivity contribution < 1.29 is 13.0 Å². The lowest BCUT2D eigenvalue weighted by atomic mass is 10.1. The molecule has 0 aliphatic carbocycles. The van der Waals surface area contributed by atoms with E-state index in [1.165, 1.54) is 17.4 Å². The van der Waals surface area contributed by atoms with E-state index in [0.717, 1.165) is 31.0 Å². The molecule has 2 aromatic heterocycles. The van der Waals surface area contributed by atoms with Crippen LogP contribution in [0.15, 0.2) is 35.2 Å². The van der Waals surface area contributed by atoms with E-state index >= 15 is 0 Å². The highest BCUT2D eigenvalue weighted by molar-refractivity contribution is 7.86. The maximum atomic E-state index is 11.7. The van der Waals surface area contributed by atoms with Gasteiger partial charge in [0.2, 0.25) is 0 Å². The zero-order valence-electron chi connectivity index (χ0n) is 12.8. The van der Waals surface area contributed by atoms with E-state index in [1.54, 1.807) is 30.4 Å². The number of aromatic nitrogens is 2. The minimum atomic E-state index is -4.32. The van der Waals surface area contributed by atoms with Crippen LogP contribution in [-0.2, 0) is 10.1 Å². The van der Waals surface area contributed by atoms with Crippen molar-refractivity contribution in [2.24, 2.45) is 0 Å². The van der Waals surface area contributed by atoms with Gasteiger partial charge in [-0.2, -0.15) is 8.42 Å². The second-order valence-electron chi connectivity index (χ2n) is 5.51. The van der Waals surface area contributed by atoms with Gasteiger partial charge >= 0.3 is 0 Å². The molecule has 1 N–H and O–H groups in total. The summed E-state index contributed by atoms with van der Waals surface area (Å²) in [5.74, 6) is 0. The minimum Gasteiger partial charge on any atom is -0.282 e. The maximum absolute atomic E-state index is 11.7. The molecule has 122 valence electrons. The molecule has 0 atom stereocenters. The number of rotatable bonds is 2. The number of aryl methyl sites for hydroxylation is 2. The topological polar surface area (TPSA) is 80.2 Å². The van der Waals surface area contributed by atoms with Gasteiger partial charge in [-0.3, -0.25) is 4.55 Å². The number of thiazole rings is 2. The van der Waals surface area contributed by atoms with Crippen molar-refractivity contribution in [3.63, 3.8) is 0 Å². The van der Waals surface area contributed by atoms with Gasteiger partial charge in [-0.25, -0.2) is 9.97 Å². The molecule has 4 aromatic rings. The minimum absolute atomic E-state index is 0.114. The first-order valence-corrected chi connectivity index (χ1v) is 10.1. The van der Waals surface area contributed by atoms with Gasteiger partial charge in [-0.05, 0) is 37.6 Å². The van der Waals surface area contributed by atoms with Gasteiger partial charge in [-0.1, -0.05) is 12.1 Å². The van der Waals surface area contributed by atoms with Gasteiger partial charge in [0.25, 0.3) is 10.1 Å². The summed E-state index contributed by atoms with van der Waals surface area (Å²) >= 11 is 2.99. The fraction of sp³-hybridized carbons (Fsp3) is 0.125. The molecule has 4 rings (SSSR count). The van der Waals surface area contributed by atoms with E-state index in [9.17, 15) is 13.0 Å². The maximum Gasteiger partial charge on any atom is 0.295 e. The molecule has 0 aliphatic heterocycles. The number of nitrogens with zero attached hydrogens (tertiary/aromatic N) is 2. The third-order valence-corrected chi connectivity index (χ3v) is 6.53. The highest BCUT2D eigenvalue weighted by atomic mass is 32.2. The SMILES string of the molecule is Cc1ccc(-c2nc3cc4sc(C)nc4cc3s2)c(S(=O)(=O)O)c1. The molecule has 5 nitrogen and oxygen atoms in total. The molecule has 0 aliphatic rings. The van der Waals surface area contributed by atoms with Gasteiger partial charge in [0.1, 0.15) is 9.90 Å². The monoisotopic (exact) mass is 376 g/mol. The van der Waals surface area contributed by atoms with Gasteiger partial charge < -0.3 is 0 Å². The van der Waals surface area contributed by atoms with Gasteiger partial charge in [0.05, 0.1) is 25.4 Å². The van der Waals surface area contributed by atoms with Crippen LogP contribution in [0.5, 0.6) is 0 Å². The molecule has 0 saturated heterocycles. The molecule has 0 unspecified atom stereocenters. The summed E-state index contributed by atoms with van der Waals surface area (Å²) in [7, 11) is -4.32. The summed E-state index contributed by atoms with van der Waals surface area (Å²) in [5, 5.41) is 1.56. The molecule has 2 aromatic carbocycles. The van der Waals surface area contributed by atoms with E-state index in [1.807, 2.05) is 19.1 Å². The molecule has 0 radical (unpaired) electrons. The van der Waals surface area contributed by atoms with E-state index in [2.05, 4.69) is 9.97 Å². The molecule has 24 heavy (non-hydrogen) atoms. The first kappa shape index (κ1) is 15.6. The zero-order chi connectivity index (χ0) is 17.1. The second-order valence-corrected chi connectivity index (χ2v) is 9.17. The van der Waals surface area contributed by atoms with E-state index < -0.39 is 10.1 Å². The molecule has 2 heterocycles. The Labute approximate surface area is 146 Å². The van der Waals surface area contributed by atoms with Crippen molar-refractivity contribution in [3.05, 3.63) is 40.9 Å². The van der Waals surface area contributed by atoms with Crippen LogP contribution in [0.2, 0.25) is 0 Å². The third-order valence-electron chi connectivity index (χ3n) is 3.65. The van der Waals surface area contributed by atoms with Crippen LogP contribution in [0.3, 0.4) is 0 Å². The lowest BCUT2D eigenvalue weighted by Gasteiger charge is -2.05. The van der Waals surface area contributed by atoms with Gasteiger partial charge in [0.15, 0.2) is 0 Å². The third kappa shape index (κ3) is 2.61. The average molecular weight is 376 g/mol. The summed E-state index contributed by atoms with van der Waals surface area (Å²) in [4.78, 5) is 8.93. The van der Waals surface area contributed by atoms with Crippen molar-refractivity contribution in [1.29, 1.82) is 0 Å². The Bertz CT molecular complexity index is 1160. The fourth-order valence-corrected chi connectivity index (χ4v) is 5.30. The molecular weight excluding hydrogens is 364 g/mol. The van der Waals surface area contributed by atoms with E-state index in [4.69, 9.17) is 0 Å². The Morgan fingerprint density at radius 1 is 0.958 bits per heavy atom. The molecule has 0 bridgehead atoms. The summed E-state index contributed by atoms with van der Waals surface area (Å²) in [5.41, 5.74) is 2.89. The number of benzene rings is 2. The van der Waals surface area contributed by atoms with Crippen molar-refractivity contribution >= 4 is 53.2 Å². The summed E-state index contributed by atoms with van der Waals surface area (Å²) in [6.07, 6.45) is 0. The Morgan fingerprint density at radius 2 is 1.62 bits per heavy atom. The molecule has 0 fully saturated rings. The van der Waals surface area contributed by atoms with Crippen LogP contribution < -0.4 is 0 Å². The smallest absolute Gasteiger partial charge is 0.282 e. The Hall–Kier alpha value is -1.87. The van der Waals surface area contributed by atoms with Gasteiger partial charge in [-0.15, -0.1) is 22.7 Å². The lowest BCUT2D eigenvalue weighted by Crippen LogP contribution is -2.01. The zero-order valence-corrected chi connectivity index (χ0v) is 15.2. The van der Waals surface area contributed by atoms with Crippen LogP contribution in [0.1, 0.15) is 10.6 Å². The molecule has 0 spiro atoms. The average Bonchev–Trinajstić information content (AvgIpc) is 3.04. The molecular formula is C16H12N2O3S3. The van der Waals surface area contributed by atoms with Crippen molar-refractivity contribution in [3.8, 4) is 10.6 Å². The van der Waals surface area contributed by atoms with E-state index in [0.29, 0.717) is 10.6 Å². The molecule has 8 heteroatoms. The second kappa shape index (κ2) is 5.32. The number of hydrogen-bond donors (Lipinski definition) is 1. The predicted molar refractivity (Wildman–Crippen MR) is 97.5 cm³/mol. The highest BCUT2D eigenvalue weighted by Gasteiger charge is 2.20. The quantitative estimate of drug-likeness (QED) is 0.523. The van der Waals surface area contributed by atoms with Crippen molar-refractivity contribution in [2.75, 3.05) is 0 Å². The van der Waals surface area contributed by atoms with Crippen LogP contribution in [0.4, 0.5) is 0 Å². The highest BCUT2D eigenvalue weighted by Crippen LogP contribution is 2.36. The lowest BCUT2D eigenvalue weighted by molar-refractivity contribution is 0.483. The van der Waals surface area contributed by atoms with Crippen LogP contribution in [-0.4, -0.2) is 22.9 Å². The first-order valence-electron chi connectivity index (χ1n) is 7.07. The summed E-state index contributed by atoms with van der Waals surface area (Å²) < 4.78 is 34.9. The normalized spacial score (nSPS) is 12.3. The standard InChI is InChI=1S/C16H12N2O3S3/c1-8-3-4-10(15(5-8)24(19,20)21)16-18-12-7-13-11(6-14(12)23-16)17-9(2)22-13/h3-7H,1-2H3,(H,19,20,21).